The average Bonchev–Trinajstić information content (AvgIpc) is 2.36. The first-order valence-electron chi connectivity index (χ1n) is 5.06. The van der Waals surface area contributed by atoms with Crippen molar-refractivity contribution in [3.8, 4) is 11.5 Å². The normalized spacial score (nSPS) is 10.2. The van der Waals surface area contributed by atoms with Crippen molar-refractivity contribution in [2.45, 2.75) is 0 Å². The molecule has 0 unspecified atom stereocenters. The highest BCUT2D eigenvalue weighted by molar-refractivity contribution is 6.07. The minimum Gasteiger partial charge on any atom is -0.496 e. The van der Waals surface area contributed by atoms with Gasteiger partial charge < -0.3 is 14.6 Å². The van der Waals surface area contributed by atoms with E-state index in [0.717, 1.165) is 0 Å². The van der Waals surface area contributed by atoms with Gasteiger partial charge in [0.15, 0.2) is 0 Å². The Hall–Kier alpha value is -2.23. The third kappa shape index (κ3) is 1.78. The summed E-state index contributed by atoms with van der Waals surface area (Å²) in [4.78, 5) is 11.1. The summed E-state index contributed by atoms with van der Waals surface area (Å²) < 4.78 is 10.5. The lowest BCUT2D eigenvalue weighted by Gasteiger charge is -2.11. The maximum absolute atomic E-state index is 11.1. The molecule has 4 heteroatoms. The largest absolute Gasteiger partial charge is 0.496 e. The van der Waals surface area contributed by atoms with Gasteiger partial charge >= 0.3 is 5.97 Å². The van der Waals surface area contributed by atoms with Gasteiger partial charge in [-0.25, -0.2) is 4.79 Å². The number of carboxylic acids is 1. The van der Waals surface area contributed by atoms with Gasteiger partial charge in [0.05, 0.1) is 25.2 Å². The molecule has 2 aromatic rings. The second kappa shape index (κ2) is 4.33. The van der Waals surface area contributed by atoms with Gasteiger partial charge in [-0.05, 0) is 18.2 Å². The van der Waals surface area contributed by atoms with E-state index < -0.39 is 5.97 Å². The van der Waals surface area contributed by atoms with Crippen molar-refractivity contribution in [1.29, 1.82) is 0 Å². The number of methoxy groups -OCH3 is 2. The van der Waals surface area contributed by atoms with E-state index in [0.29, 0.717) is 22.3 Å². The Morgan fingerprint density at radius 3 is 2.29 bits per heavy atom. The molecule has 0 fully saturated rings. The van der Waals surface area contributed by atoms with Gasteiger partial charge in [0, 0.05) is 5.39 Å². The standard InChI is InChI=1S/C13H12O4/c1-16-10-5-3-4-8-9(13(14)15)6-7-11(17-2)12(8)10/h3-7H,1-2H3,(H,14,15). The third-order valence-corrected chi connectivity index (χ3v) is 2.63. The van der Waals surface area contributed by atoms with Gasteiger partial charge in [-0.3, -0.25) is 0 Å². The van der Waals surface area contributed by atoms with Crippen molar-refractivity contribution in [3.05, 3.63) is 35.9 Å². The Balaban J connectivity index is 2.89. The van der Waals surface area contributed by atoms with Crippen LogP contribution in [0.2, 0.25) is 0 Å². The topological polar surface area (TPSA) is 55.8 Å². The summed E-state index contributed by atoms with van der Waals surface area (Å²) in [5.41, 5.74) is 0.236. The number of hydrogen-bond donors (Lipinski definition) is 1. The Morgan fingerprint density at radius 1 is 1.06 bits per heavy atom. The summed E-state index contributed by atoms with van der Waals surface area (Å²) in [6.45, 7) is 0. The minimum atomic E-state index is -0.967. The minimum absolute atomic E-state index is 0.236. The van der Waals surface area contributed by atoms with Gasteiger partial charge in [0.25, 0.3) is 0 Å². The van der Waals surface area contributed by atoms with E-state index in [1.54, 1.807) is 38.5 Å². The number of carboxylic acid groups (broad SMARTS) is 1. The molecule has 0 heterocycles. The Morgan fingerprint density at radius 2 is 1.71 bits per heavy atom. The molecule has 0 aliphatic heterocycles. The zero-order valence-corrected chi connectivity index (χ0v) is 9.56. The monoisotopic (exact) mass is 232 g/mol. The summed E-state index contributed by atoms with van der Waals surface area (Å²) in [7, 11) is 3.09. The first-order chi connectivity index (χ1) is 8.19. The van der Waals surface area contributed by atoms with Crippen LogP contribution in [0.25, 0.3) is 10.8 Å². The van der Waals surface area contributed by atoms with Crippen LogP contribution in [-0.4, -0.2) is 25.3 Å². The lowest BCUT2D eigenvalue weighted by Crippen LogP contribution is -1.99. The molecule has 0 atom stereocenters. The maximum atomic E-state index is 11.1. The molecule has 2 aromatic carbocycles. The molecule has 0 bridgehead atoms. The van der Waals surface area contributed by atoms with E-state index in [-0.39, 0.29) is 5.56 Å². The smallest absolute Gasteiger partial charge is 0.336 e. The zero-order chi connectivity index (χ0) is 12.4. The highest BCUT2D eigenvalue weighted by Crippen LogP contribution is 2.35. The fourth-order valence-electron chi connectivity index (χ4n) is 1.87. The molecule has 0 saturated carbocycles. The number of hydrogen-bond acceptors (Lipinski definition) is 3. The molecular weight excluding hydrogens is 220 g/mol. The predicted molar refractivity (Wildman–Crippen MR) is 64.0 cm³/mol. The van der Waals surface area contributed by atoms with E-state index in [4.69, 9.17) is 14.6 Å². The Bertz CT molecular complexity index is 565. The van der Waals surface area contributed by atoms with E-state index in [1.165, 1.54) is 6.07 Å². The van der Waals surface area contributed by atoms with Crippen molar-refractivity contribution in [1.82, 2.24) is 0 Å². The maximum Gasteiger partial charge on any atom is 0.336 e. The Labute approximate surface area is 98.4 Å². The van der Waals surface area contributed by atoms with E-state index in [1.807, 2.05) is 0 Å². The second-order valence-corrected chi connectivity index (χ2v) is 3.50. The highest BCUT2D eigenvalue weighted by atomic mass is 16.5. The quantitative estimate of drug-likeness (QED) is 0.883. The lowest BCUT2D eigenvalue weighted by molar-refractivity contribution is 0.0699. The first kappa shape index (κ1) is 11.3. The van der Waals surface area contributed by atoms with Gasteiger partial charge in [-0.2, -0.15) is 0 Å². The van der Waals surface area contributed by atoms with Crippen LogP contribution in [0.3, 0.4) is 0 Å². The van der Waals surface area contributed by atoms with Crippen LogP contribution < -0.4 is 9.47 Å². The summed E-state index contributed by atoms with van der Waals surface area (Å²) in [6.07, 6.45) is 0. The molecule has 0 radical (unpaired) electrons. The fourth-order valence-corrected chi connectivity index (χ4v) is 1.87. The van der Waals surface area contributed by atoms with Gasteiger partial charge in [0.1, 0.15) is 11.5 Å². The second-order valence-electron chi connectivity index (χ2n) is 3.50. The van der Waals surface area contributed by atoms with E-state index in [2.05, 4.69) is 0 Å². The number of benzene rings is 2. The molecule has 0 amide bonds. The molecule has 17 heavy (non-hydrogen) atoms. The number of aromatic carboxylic acids is 1. The molecule has 4 nitrogen and oxygen atoms in total. The van der Waals surface area contributed by atoms with Crippen LogP contribution in [0, 0.1) is 0 Å². The molecule has 0 aliphatic rings. The molecule has 1 N–H and O–H groups in total. The lowest BCUT2D eigenvalue weighted by atomic mass is 10.0. The van der Waals surface area contributed by atoms with E-state index in [9.17, 15) is 4.79 Å². The third-order valence-electron chi connectivity index (χ3n) is 2.63. The summed E-state index contributed by atoms with van der Waals surface area (Å²) in [5, 5.41) is 10.4. The molecule has 0 aromatic heterocycles. The zero-order valence-electron chi connectivity index (χ0n) is 9.56. The fraction of sp³-hybridized carbons (Fsp3) is 0.154. The first-order valence-corrected chi connectivity index (χ1v) is 5.06. The van der Waals surface area contributed by atoms with E-state index >= 15 is 0 Å². The average molecular weight is 232 g/mol. The van der Waals surface area contributed by atoms with Crippen LogP contribution in [0.15, 0.2) is 30.3 Å². The molecule has 0 aliphatic carbocycles. The van der Waals surface area contributed by atoms with Crippen LogP contribution in [-0.2, 0) is 0 Å². The predicted octanol–water partition coefficient (Wildman–Crippen LogP) is 2.56. The van der Waals surface area contributed by atoms with Crippen molar-refractivity contribution < 1.29 is 19.4 Å². The van der Waals surface area contributed by atoms with Crippen molar-refractivity contribution in [2.75, 3.05) is 14.2 Å². The van der Waals surface area contributed by atoms with Crippen molar-refractivity contribution in [2.24, 2.45) is 0 Å². The molecular formula is C13H12O4. The van der Waals surface area contributed by atoms with Crippen LogP contribution in [0.1, 0.15) is 10.4 Å². The number of carbonyl (C=O) groups is 1. The summed E-state index contributed by atoms with van der Waals surface area (Å²) in [6, 6.07) is 8.44. The van der Waals surface area contributed by atoms with Crippen LogP contribution in [0.5, 0.6) is 11.5 Å². The number of rotatable bonds is 3. The van der Waals surface area contributed by atoms with Crippen LogP contribution in [0.4, 0.5) is 0 Å². The van der Waals surface area contributed by atoms with Gasteiger partial charge in [0.2, 0.25) is 0 Å². The SMILES string of the molecule is COc1cccc2c(C(=O)O)ccc(OC)c12. The molecule has 0 spiro atoms. The molecule has 2 rings (SSSR count). The van der Waals surface area contributed by atoms with Crippen molar-refractivity contribution in [3.63, 3.8) is 0 Å². The summed E-state index contributed by atoms with van der Waals surface area (Å²) in [5.74, 6) is 0.232. The summed E-state index contributed by atoms with van der Waals surface area (Å²) >= 11 is 0. The Kier molecular flexibility index (Phi) is 2.87. The highest BCUT2D eigenvalue weighted by Gasteiger charge is 2.14. The number of ether oxygens (including phenoxy) is 2. The van der Waals surface area contributed by atoms with Crippen LogP contribution >= 0.6 is 0 Å². The molecule has 0 saturated heterocycles. The van der Waals surface area contributed by atoms with Gasteiger partial charge in [-0.1, -0.05) is 12.1 Å². The van der Waals surface area contributed by atoms with Crippen molar-refractivity contribution >= 4 is 16.7 Å². The molecule has 88 valence electrons. The number of fused-ring (bicyclic) bond motifs is 1. The van der Waals surface area contributed by atoms with Gasteiger partial charge in [-0.15, -0.1) is 0 Å².